The number of phenols is 1. The summed E-state index contributed by atoms with van der Waals surface area (Å²) in [4.78, 5) is 0.156. The summed E-state index contributed by atoms with van der Waals surface area (Å²) >= 11 is 0. The lowest BCUT2D eigenvalue weighted by atomic mass is 10.2. The van der Waals surface area contributed by atoms with Gasteiger partial charge >= 0.3 is 0 Å². The summed E-state index contributed by atoms with van der Waals surface area (Å²) in [7, 11) is -2.13. The first kappa shape index (κ1) is 14.2. The van der Waals surface area contributed by atoms with Gasteiger partial charge in [-0.05, 0) is 55.0 Å². The van der Waals surface area contributed by atoms with E-state index in [9.17, 15) is 13.5 Å². The van der Waals surface area contributed by atoms with Crippen LogP contribution in [0.3, 0.4) is 0 Å². The van der Waals surface area contributed by atoms with Gasteiger partial charge in [-0.15, -0.1) is 0 Å². The number of aryl methyl sites for hydroxylation is 1. The van der Waals surface area contributed by atoms with Crippen LogP contribution in [0.15, 0.2) is 47.4 Å². The van der Waals surface area contributed by atoms with Gasteiger partial charge in [0, 0.05) is 5.69 Å². The topological polar surface area (TPSA) is 75.6 Å². The van der Waals surface area contributed by atoms with E-state index >= 15 is 0 Å². The van der Waals surface area contributed by atoms with Gasteiger partial charge < -0.3 is 9.84 Å². The van der Waals surface area contributed by atoms with Gasteiger partial charge in [0.1, 0.15) is 11.5 Å². The minimum atomic E-state index is -3.66. The summed E-state index contributed by atoms with van der Waals surface area (Å²) in [5, 5.41) is 9.17. The molecule has 2 aromatic carbocycles. The SMILES string of the molecule is COc1ccc(S(=O)(=O)Nc2ccc(O)cc2)cc1C. The number of rotatable bonds is 4. The monoisotopic (exact) mass is 293 g/mol. The summed E-state index contributed by atoms with van der Waals surface area (Å²) in [6, 6.07) is 10.4. The van der Waals surface area contributed by atoms with Crippen LogP contribution in [0.4, 0.5) is 5.69 Å². The van der Waals surface area contributed by atoms with Gasteiger partial charge in [0.05, 0.1) is 12.0 Å². The number of ether oxygens (including phenoxy) is 1. The fourth-order valence-electron chi connectivity index (χ4n) is 1.76. The smallest absolute Gasteiger partial charge is 0.261 e. The molecule has 0 radical (unpaired) electrons. The second-order valence-electron chi connectivity index (χ2n) is 4.28. The number of benzene rings is 2. The molecule has 2 rings (SSSR count). The van der Waals surface area contributed by atoms with Crippen LogP contribution in [0, 0.1) is 6.92 Å². The molecule has 0 amide bonds. The molecule has 2 N–H and O–H groups in total. The lowest BCUT2D eigenvalue weighted by Gasteiger charge is -2.10. The van der Waals surface area contributed by atoms with Crippen molar-refractivity contribution in [3.05, 3.63) is 48.0 Å². The van der Waals surface area contributed by atoms with Crippen molar-refractivity contribution in [3.63, 3.8) is 0 Å². The van der Waals surface area contributed by atoms with Crippen molar-refractivity contribution in [2.75, 3.05) is 11.8 Å². The summed E-state index contributed by atoms with van der Waals surface area (Å²) in [5.41, 5.74) is 1.12. The van der Waals surface area contributed by atoms with Gasteiger partial charge in [-0.3, -0.25) is 4.72 Å². The van der Waals surface area contributed by atoms with Crippen LogP contribution >= 0.6 is 0 Å². The lowest BCUT2D eigenvalue weighted by Crippen LogP contribution is -2.13. The van der Waals surface area contributed by atoms with Crippen LogP contribution in [0.1, 0.15) is 5.56 Å². The van der Waals surface area contributed by atoms with Crippen LogP contribution in [0.5, 0.6) is 11.5 Å². The molecule has 0 aromatic heterocycles. The predicted molar refractivity (Wildman–Crippen MR) is 76.6 cm³/mol. The molecule has 0 saturated heterocycles. The van der Waals surface area contributed by atoms with Crippen molar-refractivity contribution in [3.8, 4) is 11.5 Å². The fraction of sp³-hybridized carbons (Fsp3) is 0.143. The Morgan fingerprint density at radius 2 is 1.75 bits per heavy atom. The quantitative estimate of drug-likeness (QED) is 0.849. The van der Waals surface area contributed by atoms with E-state index in [1.807, 2.05) is 0 Å². The maximum absolute atomic E-state index is 12.2. The zero-order chi connectivity index (χ0) is 14.8. The largest absolute Gasteiger partial charge is 0.508 e. The fourth-order valence-corrected chi connectivity index (χ4v) is 2.90. The average molecular weight is 293 g/mol. The van der Waals surface area contributed by atoms with Gasteiger partial charge in [-0.25, -0.2) is 8.42 Å². The van der Waals surface area contributed by atoms with Crippen LogP contribution in [0.25, 0.3) is 0 Å². The van der Waals surface area contributed by atoms with Crippen molar-refractivity contribution in [2.24, 2.45) is 0 Å². The van der Waals surface area contributed by atoms with Crippen molar-refractivity contribution < 1.29 is 18.3 Å². The summed E-state index contributed by atoms with van der Waals surface area (Å²) in [6.45, 7) is 1.78. The molecule has 0 fully saturated rings. The number of methoxy groups -OCH3 is 1. The number of nitrogens with one attached hydrogen (secondary N) is 1. The highest BCUT2D eigenvalue weighted by atomic mass is 32.2. The third-order valence-corrected chi connectivity index (χ3v) is 4.18. The Balaban J connectivity index is 2.30. The molecule has 5 nitrogen and oxygen atoms in total. The Morgan fingerprint density at radius 1 is 1.10 bits per heavy atom. The molecule has 0 unspecified atom stereocenters. The minimum absolute atomic E-state index is 0.0771. The molecule has 2 aromatic rings. The molecular formula is C14H15NO4S. The van der Waals surface area contributed by atoms with E-state index in [1.54, 1.807) is 19.1 Å². The van der Waals surface area contributed by atoms with E-state index in [2.05, 4.69) is 4.72 Å². The van der Waals surface area contributed by atoms with Gasteiger partial charge in [-0.1, -0.05) is 0 Å². The molecule has 0 heterocycles. The van der Waals surface area contributed by atoms with Crippen LogP contribution in [0.2, 0.25) is 0 Å². The second-order valence-corrected chi connectivity index (χ2v) is 5.97. The highest BCUT2D eigenvalue weighted by Gasteiger charge is 2.15. The zero-order valence-corrected chi connectivity index (χ0v) is 11.9. The van der Waals surface area contributed by atoms with E-state index < -0.39 is 10.0 Å². The standard InChI is InChI=1S/C14H15NO4S/c1-10-9-13(7-8-14(10)19-2)20(17,18)15-11-3-5-12(16)6-4-11/h3-9,15-16H,1-2H3. The predicted octanol–water partition coefficient (Wildman–Crippen LogP) is 2.51. The van der Waals surface area contributed by atoms with E-state index in [4.69, 9.17) is 4.74 Å². The normalized spacial score (nSPS) is 11.1. The molecule has 0 aliphatic carbocycles. The summed E-state index contributed by atoms with van der Waals surface area (Å²) < 4.78 is 32.0. The molecular weight excluding hydrogens is 278 g/mol. The van der Waals surface area contributed by atoms with Crippen molar-refractivity contribution in [2.45, 2.75) is 11.8 Å². The first-order valence-corrected chi connectivity index (χ1v) is 7.37. The van der Waals surface area contributed by atoms with E-state index in [1.165, 1.54) is 37.4 Å². The number of phenolic OH excluding ortho intramolecular Hbond substituents is 1. The molecule has 0 bridgehead atoms. The Morgan fingerprint density at radius 3 is 2.30 bits per heavy atom. The first-order chi connectivity index (χ1) is 9.42. The lowest BCUT2D eigenvalue weighted by molar-refractivity contribution is 0.411. The van der Waals surface area contributed by atoms with Crippen LogP contribution in [-0.4, -0.2) is 20.6 Å². The van der Waals surface area contributed by atoms with Gasteiger partial charge in [0.15, 0.2) is 0 Å². The maximum atomic E-state index is 12.2. The number of anilines is 1. The Hall–Kier alpha value is -2.21. The average Bonchev–Trinajstić information content (AvgIpc) is 2.41. The molecule has 0 aliphatic heterocycles. The third-order valence-electron chi connectivity index (χ3n) is 2.80. The van der Waals surface area contributed by atoms with Gasteiger partial charge in [0.2, 0.25) is 0 Å². The van der Waals surface area contributed by atoms with Crippen LogP contribution < -0.4 is 9.46 Å². The Bertz CT molecular complexity index is 708. The van der Waals surface area contributed by atoms with Crippen LogP contribution in [-0.2, 0) is 10.0 Å². The van der Waals surface area contributed by atoms with Crippen molar-refractivity contribution >= 4 is 15.7 Å². The second kappa shape index (κ2) is 5.42. The maximum Gasteiger partial charge on any atom is 0.261 e. The summed E-state index contributed by atoms with van der Waals surface area (Å²) in [5.74, 6) is 0.710. The van der Waals surface area contributed by atoms with Crippen molar-refractivity contribution in [1.82, 2.24) is 0 Å². The Labute approximate surface area is 117 Å². The number of sulfonamides is 1. The minimum Gasteiger partial charge on any atom is -0.508 e. The van der Waals surface area contributed by atoms with E-state index in [0.717, 1.165) is 5.56 Å². The molecule has 6 heteroatoms. The highest BCUT2D eigenvalue weighted by molar-refractivity contribution is 7.92. The molecule has 0 aliphatic rings. The summed E-state index contributed by atoms with van der Waals surface area (Å²) in [6.07, 6.45) is 0. The Kier molecular flexibility index (Phi) is 3.85. The molecule has 106 valence electrons. The number of hydrogen-bond acceptors (Lipinski definition) is 4. The molecule has 0 spiro atoms. The van der Waals surface area contributed by atoms with E-state index in [0.29, 0.717) is 11.4 Å². The first-order valence-electron chi connectivity index (χ1n) is 5.89. The van der Waals surface area contributed by atoms with Crippen molar-refractivity contribution in [1.29, 1.82) is 0 Å². The third kappa shape index (κ3) is 3.03. The van der Waals surface area contributed by atoms with E-state index in [-0.39, 0.29) is 10.6 Å². The molecule has 0 atom stereocenters. The highest BCUT2D eigenvalue weighted by Crippen LogP contribution is 2.23. The zero-order valence-electron chi connectivity index (χ0n) is 11.1. The van der Waals surface area contributed by atoms with Gasteiger partial charge in [0.25, 0.3) is 10.0 Å². The number of hydrogen-bond donors (Lipinski definition) is 2. The molecule has 0 saturated carbocycles. The molecule has 20 heavy (non-hydrogen) atoms. The van der Waals surface area contributed by atoms with Gasteiger partial charge in [-0.2, -0.15) is 0 Å². The number of aromatic hydroxyl groups is 1.